The fraction of sp³-hybridized carbons (Fsp3) is 0.333. The highest BCUT2D eigenvalue weighted by atomic mass is 16.5. The number of carboxylic acids is 1. The molecule has 2 aromatic rings. The number of hydrogen-bond donors (Lipinski definition) is 2. The lowest BCUT2D eigenvalue weighted by Crippen LogP contribution is -2.61. The number of aliphatic carboxylic acids is 1. The van der Waals surface area contributed by atoms with Crippen molar-refractivity contribution in [2.45, 2.75) is 24.8 Å². The SMILES string of the molecule is C=CCCC1([C@H](NC(=O)OCC2c3ccccc3-c3ccccc32)C(=O)O)COC1. The van der Waals surface area contributed by atoms with Gasteiger partial charge in [0.15, 0.2) is 0 Å². The highest BCUT2D eigenvalue weighted by Crippen LogP contribution is 2.44. The van der Waals surface area contributed by atoms with Crippen molar-refractivity contribution in [3.8, 4) is 11.1 Å². The summed E-state index contributed by atoms with van der Waals surface area (Å²) in [7, 11) is 0. The van der Waals surface area contributed by atoms with Crippen LogP contribution < -0.4 is 5.32 Å². The predicted molar refractivity (Wildman–Crippen MR) is 112 cm³/mol. The number of ether oxygens (including phenoxy) is 2. The average Bonchev–Trinajstić information content (AvgIpc) is 3.04. The van der Waals surface area contributed by atoms with Gasteiger partial charge in [0.1, 0.15) is 12.6 Å². The molecule has 1 amide bonds. The number of benzene rings is 2. The quantitative estimate of drug-likeness (QED) is 0.647. The zero-order chi connectivity index (χ0) is 21.1. The second-order valence-corrected chi connectivity index (χ2v) is 7.92. The summed E-state index contributed by atoms with van der Waals surface area (Å²) in [6.45, 7) is 4.42. The molecule has 6 heteroatoms. The Bertz CT molecular complexity index is 920. The number of amides is 1. The van der Waals surface area contributed by atoms with Crippen molar-refractivity contribution >= 4 is 12.1 Å². The van der Waals surface area contributed by atoms with E-state index < -0.39 is 23.5 Å². The monoisotopic (exact) mass is 407 g/mol. The van der Waals surface area contributed by atoms with Crippen molar-refractivity contribution < 1.29 is 24.2 Å². The number of rotatable bonds is 8. The second-order valence-electron chi connectivity index (χ2n) is 7.92. The van der Waals surface area contributed by atoms with E-state index in [0.717, 1.165) is 22.3 Å². The first kappa shape index (κ1) is 20.2. The Kier molecular flexibility index (Phi) is 5.59. The molecule has 2 aromatic carbocycles. The minimum atomic E-state index is -1.09. The number of fused-ring (bicyclic) bond motifs is 3. The summed E-state index contributed by atoms with van der Waals surface area (Å²) in [5.41, 5.74) is 3.86. The average molecular weight is 407 g/mol. The summed E-state index contributed by atoms with van der Waals surface area (Å²) in [4.78, 5) is 24.4. The van der Waals surface area contributed by atoms with Crippen LogP contribution in [0.3, 0.4) is 0 Å². The molecule has 6 nitrogen and oxygen atoms in total. The molecule has 0 saturated carbocycles. The molecule has 0 aromatic heterocycles. The van der Waals surface area contributed by atoms with Gasteiger partial charge < -0.3 is 19.9 Å². The number of carboxylic acid groups (broad SMARTS) is 1. The summed E-state index contributed by atoms with van der Waals surface area (Å²) in [6, 6.07) is 15.1. The topological polar surface area (TPSA) is 84.9 Å². The number of nitrogens with one attached hydrogen (secondary N) is 1. The maximum Gasteiger partial charge on any atom is 0.407 e. The number of hydrogen-bond acceptors (Lipinski definition) is 4. The van der Waals surface area contributed by atoms with Crippen molar-refractivity contribution in [1.29, 1.82) is 0 Å². The van der Waals surface area contributed by atoms with Crippen molar-refractivity contribution in [2.75, 3.05) is 19.8 Å². The molecule has 1 fully saturated rings. The maximum atomic E-state index is 12.5. The molecule has 4 rings (SSSR count). The predicted octanol–water partition coefficient (Wildman–Crippen LogP) is 3.96. The van der Waals surface area contributed by atoms with E-state index in [-0.39, 0.29) is 12.5 Å². The molecule has 30 heavy (non-hydrogen) atoms. The number of allylic oxidation sites excluding steroid dienone is 1. The van der Waals surface area contributed by atoms with Gasteiger partial charge in [0, 0.05) is 11.3 Å². The Hall–Kier alpha value is -3.12. The summed E-state index contributed by atoms with van der Waals surface area (Å²) in [5, 5.41) is 12.3. The Labute approximate surface area is 175 Å². The molecule has 1 atom stereocenters. The van der Waals surface area contributed by atoms with Gasteiger partial charge in [-0.25, -0.2) is 9.59 Å². The molecule has 0 bridgehead atoms. The van der Waals surface area contributed by atoms with Gasteiger partial charge in [-0.1, -0.05) is 54.6 Å². The lowest BCUT2D eigenvalue weighted by atomic mass is 9.74. The smallest absolute Gasteiger partial charge is 0.407 e. The minimum absolute atomic E-state index is 0.0757. The summed E-state index contributed by atoms with van der Waals surface area (Å²) in [6.07, 6.45) is 2.25. The Morgan fingerprint density at radius 2 is 1.77 bits per heavy atom. The number of carbonyl (C=O) groups excluding carboxylic acids is 1. The van der Waals surface area contributed by atoms with Crippen molar-refractivity contribution in [3.05, 3.63) is 72.3 Å². The van der Waals surface area contributed by atoms with E-state index in [2.05, 4.69) is 24.0 Å². The first-order valence-electron chi connectivity index (χ1n) is 10.1. The normalized spacial score (nSPS) is 17.2. The van der Waals surface area contributed by atoms with E-state index in [0.29, 0.717) is 26.1 Å². The lowest BCUT2D eigenvalue weighted by molar-refractivity contribution is -0.167. The van der Waals surface area contributed by atoms with Crippen LogP contribution in [-0.2, 0) is 14.3 Å². The van der Waals surface area contributed by atoms with E-state index in [9.17, 15) is 14.7 Å². The molecule has 2 aliphatic rings. The molecular weight excluding hydrogens is 382 g/mol. The molecule has 1 aliphatic heterocycles. The van der Waals surface area contributed by atoms with E-state index >= 15 is 0 Å². The van der Waals surface area contributed by atoms with Crippen LogP contribution in [0.1, 0.15) is 29.9 Å². The van der Waals surface area contributed by atoms with Crippen molar-refractivity contribution in [1.82, 2.24) is 5.32 Å². The fourth-order valence-electron chi connectivity index (χ4n) is 4.44. The van der Waals surface area contributed by atoms with Gasteiger partial charge >= 0.3 is 12.1 Å². The molecule has 1 heterocycles. The van der Waals surface area contributed by atoms with Crippen LogP contribution in [0.4, 0.5) is 4.79 Å². The molecule has 0 spiro atoms. The van der Waals surface area contributed by atoms with Crippen LogP contribution >= 0.6 is 0 Å². The molecule has 1 aliphatic carbocycles. The van der Waals surface area contributed by atoms with E-state index in [1.165, 1.54) is 0 Å². The lowest BCUT2D eigenvalue weighted by Gasteiger charge is -2.45. The van der Waals surface area contributed by atoms with E-state index in [1.54, 1.807) is 6.08 Å². The van der Waals surface area contributed by atoms with Gasteiger partial charge in [0.25, 0.3) is 0 Å². The standard InChI is InChI=1S/C24H25NO5/c1-2-3-12-24(14-29-15-24)21(22(26)27)25-23(28)30-13-20-18-10-6-4-8-16(18)17-9-5-7-11-19(17)20/h2,4-11,20-21H,1,3,12-15H2,(H,25,28)(H,26,27)/t21-/m1/s1. The summed E-state index contributed by atoms with van der Waals surface area (Å²) in [5.74, 6) is -1.16. The van der Waals surface area contributed by atoms with Crippen LogP contribution in [0.5, 0.6) is 0 Å². The van der Waals surface area contributed by atoms with Crippen LogP contribution in [0.15, 0.2) is 61.2 Å². The summed E-state index contributed by atoms with van der Waals surface area (Å²) < 4.78 is 10.8. The third-order valence-corrected chi connectivity index (χ3v) is 6.09. The third kappa shape index (κ3) is 3.59. The van der Waals surface area contributed by atoms with Crippen LogP contribution in [-0.4, -0.2) is 43.0 Å². The molecule has 1 saturated heterocycles. The van der Waals surface area contributed by atoms with Gasteiger partial charge in [-0.05, 0) is 35.1 Å². The van der Waals surface area contributed by atoms with Gasteiger partial charge in [-0.2, -0.15) is 0 Å². The third-order valence-electron chi connectivity index (χ3n) is 6.09. The van der Waals surface area contributed by atoms with Gasteiger partial charge in [0.2, 0.25) is 0 Å². The molecule has 0 radical (unpaired) electrons. The van der Waals surface area contributed by atoms with Crippen LogP contribution in [0.2, 0.25) is 0 Å². The molecule has 0 unspecified atom stereocenters. The number of carbonyl (C=O) groups is 2. The largest absolute Gasteiger partial charge is 0.480 e. The van der Waals surface area contributed by atoms with Gasteiger partial charge in [-0.3, -0.25) is 0 Å². The highest BCUT2D eigenvalue weighted by molar-refractivity contribution is 5.82. The second kappa shape index (κ2) is 8.32. The molecule has 156 valence electrons. The van der Waals surface area contributed by atoms with E-state index in [1.807, 2.05) is 36.4 Å². The van der Waals surface area contributed by atoms with Crippen LogP contribution in [0.25, 0.3) is 11.1 Å². The first-order valence-corrected chi connectivity index (χ1v) is 10.1. The Balaban J connectivity index is 1.46. The van der Waals surface area contributed by atoms with E-state index in [4.69, 9.17) is 9.47 Å². The van der Waals surface area contributed by atoms with Crippen molar-refractivity contribution in [2.24, 2.45) is 5.41 Å². The van der Waals surface area contributed by atoms with Gasteiger partial charge in [-0.15, -0.1) is 6.58 Å². The summed E-state index contributed by atoms with van der Waals surface area (Å²) >= 11 is 0. The minimum Gasteiger partial charge on any atom is -0.480 e. The first-order chi connectivity index (χ1) is 14.6. The zero-order valence-electron chi connectivity index (χ0n) is 16.7. The Morgan fingerprint density at radius 1 is 1.17 bits per heavy atom. The zero-order valence-corrected chi connectivity index (χ0v) is 16.7. The number of alkyl carbamates (subject to hydrolysis) is 1. The van der Waals surface area contributed by atoms with Crippen LogP contribution in [0, 0.1) is 5.41 Å². The highest BCUT2D eigenvalue weighted by Gasteiger charge is 2.49. The maximum absolute atomic E-state index is 12.5. The van der Waals surface area contributed by atoms with Crippen molar-refractivity contribution in [3.63, 3.8) is 0 Å². The molecule has 2 N–H and O–H groups in total. The Morgan fingerprint density at radius 3 is 2.27 bits per heavy atom. The fourth-order valence-corrected chi connectivity index (χ4v) is 4.44. The van der Waals surface area contributed by atoms with Gasteiger partial charge in [0.05, 0.1) is 13.2 Å². The molecular formula is C24H25NO5.